The first-order valence-corrected chi connectivity index (χ1v) is 6.06. The van der Waals surface area contributed by atoms with Gasteiger partial charge in [0.1, 0.15) is 0 Å². The summed E-state index contributed by atoms with van der Waals surface area (Å²) in [5.74, 6) is 0.579. The van der Waals surface area contributed by atoms with E-state index in [0.717, 1.165) is 12.8 Å². The molecule has 1 heterocycles. The summed E-state index contributed by atoms with van der Waals surface area (Å²) in [5.41, 5.74) is 0.298. The van der Waals surface area contributed by atoms with Crippen molar-refractivity contribution in [1.82, 2.24) is 10.3 Å². The van der Waals surface area contributed by atoms with Gasteiger partial charge in [0.15, 0.2) is 0 Å². The van der Waals surface area contributed by atoms with Gasteiger partial charge in [0, 0.05) is 18.8 Å². The Labute approximate surface area is 101 Å². The zero-order valence-electron chi connectivity index (χ0n) is 10.5. The zero-order valence-corrected chi connectivity index (χ0v) is 10.5. The number of unbranched alkanes of at least 4 members (excludes halogenated alkanes) is 1. The molecule has 0 radical (unpaired) electrons. The van der Waals surface area contributed by atoms with Gasteiger partial charge in [-0.25, -0.2) is 0 Å². The Hall–Kier alpha value is -1.58. The van der Waals surface area contributed by atoms with E-state index in [1.165, 1.54) is 24.8 Å². The monoisotopic (exact) mass is 236 g/mol. The summed E-state index contributed by atoms with van der Waals surface area (Å²) in [7, 11) is 0. The predicted octanol–water partition coefficient (Wildman–Crippen LogP) is 1.93. The van der Waals surface area contributed by atoms with Crippen LogP contribution >= 0.6 is 0 Å². The summed E-state index contributed by atoms with van der Waals surface area (Å²) in [6.07, 6.45) is 4.75. The molecule has 0 fully saturated rings. The molecule has 0 bridgehead atoms. The van der Waals surface area contributed by atoms with Crippen LogP contribution in [0.3, 0.4) is 0 Å². The summed E-state index contributed by atoms with van der Waals surface area (Å²) in [6.45, 7) is 5.07. The average Bonchev–Trinajstić information content (AvgIpc) is 2.29. The van der Waals surface area contributed by atoms with Crippen LogP contribution in [0.4, 0.5) is 0 Å². The van der Waals surface area contributed by atoms with Gasteiger partial charge in [-0.05, 0) is 18.4 Å². The van der Waals surface area contributed by atoms with Gasteiger partial charge in [-0.3, -0.25) is 9.59 Å². The van der Waals surface area contributed by atoms with E-state index in [2.05, 4.69) is 24.1 Å². The molecule has 0 unspecified atom stereocenters. The minimum atomic E-state index is -0.196. The molecule has 0 aliphatic carbocycles. The van der Waals surface area contributed by atoms with E-state index >= 15 is 0 Å². The molecule has 1 aromatic rings. The predicted molar refractivity (Wildman–Crippen MR) is 68.1 cm³/mol. The van der Waals surface area contributed by atoms with Gasteiger partial charge in [-0.1, -0.05) is 26.7 Å². The molecular weight excluding hydrogens is 216 g/mol. The number of pyridine rings is 1. The molecule has 0 aliphatic rings. The van der Waals surface area contributed by atoms with Crippen LogP contribution in [0, 0.1) is 5.92 Å². The highest BCUT2D eigenvalue weighted by Crippen LogP contribution is 2.05. The molecule has 0 aromatic carbocycles. The van der Waals surface area contributed by atoms with E-state index in [9.17, 15) is 9.59 Å². The number of rotatable bonds is 6. The van der Waals surface area contributed by atoms with Crippen molar-refractivity contribution in [3.05, 3.63) is 34.2 Å². The van der Waals surface area contributed by atoms with Crippen LogP contribution < -0.4 is 10.9 Å². The van der Waals surface area contributed by atoms with Crippen LogP contribution in [0.2, 0.25) is 0 Å². The third-order valence-corrected chi connectivity index (χ3v) is 2.54. The standard InChI is InChI=1S/C13H20N2O2/c1-10(2)5-3-4-8-14-13(17)11-6-7-12(16)15-9-11/h6-7,9-10H,3-5,8H2,1-2H3,(H,14,17)(H,15,16). The molecule has 4 nitrogen and oxygen atoms in total. The van der Waals surface area contributed by atoms with Crippen molar-refractivity contribution in [2.24, 2.45) is 5.92 Å². The number of H-pyrrole nitrogens is 1. The SMILES string of the molecule is CC(C)CCCCNC(=O)c1ccc(=O)[nH]c1. The Kier molecular flexibility index (Phi) is 5.46. The lowest BCUT2D eigenvalue weighted by Crippen LogP contribution is -2.25. The molecule has 1 rings (SSSR count). The highest BCUT2D eigenvalue weighted by Gasteiger charge is 2.03. The highest BCUT2D eigenvalue weighted by atomic mass is 16.1. The number of amides is 1. The largest absolute Gasteiger partial charge is 0.352 e. The number of hydrogen-bond acceptors (Lipinski definition) is 2. The molecule has 2 N–H and O–H groups in total. The molecule has 0 aliphatic heterocycles. The van der Waals surface area contributed by atoms with Gasteiger partial charge in [-0.2, -0.15) is 0 Å². The van der Waals surface area contributed by atoms with Gasteiger partial charge in [0.25, 0.3) is 5.91 Å². The van der Waals surface area contributed by atoms with Crippen molar-refractivity contribution in [3.63, 3.8) is 0 Å². The van der Waals surface area contributed by atoms with Crippen molar-refractivity contribution >= 4 is 5.91 Å². The summed E-state index contributed by atoms with van der Waals surface area (Å²) >= 11 is 0. The quantitative estimate of drug-likeness (QED) is 0.741. The Bertz CT molecular complexity index is 390. The van der Waals surface area contributed by atoms with Crippen molar-refractivity contribution in [2.75, 3.05) is 6.54 Å². The summed E-state index contributed by atoms with van der Waals surface area (Å²) in [5, 5.41) is 2.83. The number of nitrogens with one attached hydrogen (secondary N) is 2. The first kappa shape index (κ1) is 13.5. The number of hydrogen-bond donors (Lipinski definition) is 2. The van der Waals surface area contributed by atoms with E-state index in [4.69, 9.17) is 0 Å². The van der Waals surface area contributed by atoms with Crippen LogP contribution in [0.25, 0.3) is 0 Å². The second-order valence-electron chi connectivity index (χ2n) is 4.59. The number of carbonyl (C=O) groups excluding carboxylic acids is 1. The molecule has 0 saturated heterocycles. The van der Waals surface area contributed by atoms with Gasteiger partial charge in [0.2, 0.25) is 5.56 Å². The second-order valence-corrected chi connectivity index (χ2v) is 4.59. The van der Waals surface area contributed by atoms with Crippen LogP contribution in [-0.2, 0) is 0 Å². The van der Waals surface area contributed by atoms with Crippen LogP contribution in [0.1, 0.15) is 43.5 Å². The third-order valence-electron chi connectivity index (χ3n) is 2.54. The van der Waals surface area contributed by atoms with E-state index in [0.29, 0.717) is 18.0 Å². The Morgan fingerprint density at radius 2 is 2.12 bits per heavy atom. The topological polar surface area (TPSA) is 62.0 Å². The number of carbonyl (C=O) groups is 1. The lowest BCUT2D eigenvalue weighted by atomic mass is 10.1. The summed E-state index contributed by atoms with van der Waals surface area (Å²) < 4.78 is 0. The summed E-state index contributed by atoms with van der Waals surface area (Å²) in [4.78, 5) is 24.9. The van der Waals surface area contributed by atoms with Crippen LogP contribution in [0.5, 0.6) is 0 Å². The first-order chi connectivity index (χ1) is 8.09. The molecule has 17 heavy (non-hydrogen) atoms. The molecule has 94 valence electrons. The van der Waals surface area contributed by atoms with Gasteiger partial charge in [0.05, 0.1) is 5.56 Å². The van der Waals surface area contributed by atoms with E-state index in [1.807, 2.05) is 0 Å². The van der Waals surface area contributed by atoms with Crippen molar-refractivity contribution in [1.29, 1.82) is 0 Å². The maximum absolute atomic E-state index is 11.6. The fraction of sp³-hybridized carbons (Fsp3) is 0.538. The second kappa shape index (κ2) is 6.89. The Morgan fingerprint density at radius 1 is 1.35 bits per heavy atom. The molecule has 0 spiro atoms. The molecule has 1 amide bonds. The fourth-order valence-corrected chi connectivity index (χ4v) is 1.53. The number of aromatic amines is 1. The lowest BCUT2D eigenvalue weighted by molar-refractivity contribution is 0.0952. The molecule has 1 aromatic heterocycles. The zero-order chi connectivity index (χ0) is 12.7. The van der Waals surface area contributed by atoms with E-state index in [1.54, 1.807) is 0 Å². The number of aromatic nitrogens is 1. The summed E-state index contributed by atoms with van der Waals surface area (Å²) in [6, 6.07) is 2.88. The normalized spacial score (nSPS) is 10.5. The minimum absolute atomic E-state index is 0.134. The van der Waals surface area contributed by atoms with Gasteiger partial charge >= 0.3 is 0 Å². The van der Waals surface area contributed by atoms with Crippen LogP contribution in [-0.4, -0.2) is 17.4 Å². The van der Waals surface area contributed by atoms with Crippen molar-refractivity contribution in [2.45, 2.75) is 33.1 Å². The fourth-order valence-electron chi connectivity index (χ4n) is 1.53. The Balaban J connectivity index is 2.26. The maximum atomic E-state index is 11.6. The lowest BCUT2D eigenvalue weighted by Gasteiger charge is -2.06. The van der Waals surface area contributed by atoms with Crippen molar-refractivity contribution in [3.8, 4) is 0 Å². The first-order valence-electron chi connectivity index (χ1n) is 6.06. The van der Waals surface area contributed by atoms with E-state index in [-0.39, 0.29) is 11.5 Å². The van der Waals surface area contributed by atoms with E-state index < -0.39 is 0 Å². The molecule has 0 atom stereocenters. The molecular formula is C13H20N2O2. The minimum Gasteiger partial charge on any atom is -0.352 e. The smallest absolute Gasteiger partial charge is 0.252 e. The van der Waals surface area contributed by atoms with Crippen molar-refractivity contribution < 1.29 is 4.79 Å². The Morgan fingerprint density at radius 3 is 2.71 bits per heavy atom. The maximum Gasteiger partial charge on any atom is 0.252 e. The third kappa shape index (κ3) is 5.33. The van der Waals surface area contributed by atoms with Crippen LogP contribution in [0.15, 0.2) is 23.1 Å². The molecule has 4 heteroatoms. The average molecular weight is 236 g/mol. The highest BCUT2D eigenvalue weighted by molar-refractivity contribution is 5.93. The van der Waals surface area contributed by atoms with Gasteiger partial charge < -0.3 is 10.3 Å². The molecule has 0 saturated carbocycles. The van der Waals surface area contributed by atoms with Gasteiger partial charge in [-0.15, -0.1) is 0 Å².